The van der Waals surface area contributed by atoms with E-state index < -0.39 is 0 Å². The van der Waals surface area contributed by atoms with E-state index in [9.17, 15) is 0 Å². The SMILES string of the molecule is CCCCC(CC)C(NC)c1ccccc1OCC. The lowest BCUT2D eigenvalue weighted by Gasteiger charge is -2.28. The summed E-state index contributed by atoms with van der Waals surface area (Å²) in [5.74, 6) is 1.70. The van der Waals surface area contributed by atoms with Gasteiger partial charge in [-0.1, -0.05) is 51.3 Å². The van der Waals surface area contributed by atoms with Crippen molar-refractivity contribution in [3.63, 3.8) is 0 Å². The number of ether oxygens (including phenoxy) is 1. The fourth-order valence-corrected chi connectivity index (χ4v) is 2.74. The Labute approximate surface area is 118 Å². The van der Waals surface area contributed by atoms with Gasteiger partial charge in [0.15, 0.2) is 0 Å². The summed E-state index contributed by atoms with van der Waals surface area (Å²) in [6.45, 7) is 7.31. The summed E-state index contributed by atoms with van der Waals surface area (Å²) in [4.78, 5) is 0. The van der Waals surface area contributed by atoms with Crippen molar-refractivity contribution in [3.8, 4) is 5.75 Å². The van der Waals surface area contributed by atoms with Gasteiger partial charge in [0.2, 0.25) is 0 Å². The highest BCUT2D eigenvalue weighted by Crippen LogP contribution is 2.34. The van der Waals surface area contributed by atoms with Crippen LogP contribution in [0.3, 0.4) is 0 Å². The van der Waals surface area contributed by atoms with Crippen LogP contribution in [0.15, 0.2) is 24.3 Å². The quantitative estimate of drug-likeness (QED) is 0.705. The summed E-state index contributed by atoms with van der Waals surface area (Å²) in [5.41, 5.74) is 1.30. The van der Waals surface area contributed by atoms with Crippen molar-refractivity contribution in [3.05, 3.63) is 29.8 Å². The van der Waals surface area contributed by atoms with Crippen molar-refractivity contribution in [2.24, 2.45) is 5.92 Å². The Balaban J connectivity index is 2.93. The number of unbranched alkanes of at least 4 members (excludes halogenated alkanes) is 1. The summed E-state index contributed by atoms with van der Waals surface area (Å²) in [5, 5.41) is 3.50. The Hall–Kier alpha value is -1.02. The fourth-order valence-electron chi connectivity index (χ4n) is 2.74. The van der Waals surface area contributed by atoms with E-state index in [2.05, 4.69) is 44.4 Å². The third kappa shape index (κ3) is 4.54. The second kappa shape index (κ2) is 8.98. The first-order chi connectivity index (χ1) is 9.28. The maximum Gasteiger partial charge on any atom is 0.124 e. The highest BCUT2D eigenvalue weighted by Gasteiger charge is 2.22. The predicted molar refractivity (Wildman–Crippen MR) is 82.7 cm³/mol. The summed E-state index contributed by atoms with van der Waals surface area (Å²) in [6.07, 6.45) is 5.04. The lowest BCUT2D eigenvalue weighted by atomic mass is 9.86. The van der Waals surface area contributed by atoms with E-state index in [1.165, 1.54) is 31.2 Å². The average molecular weight is 263 g/mol. The molecule has 0 amide bonds. The average Bonchev–Trinajstić information content (AvgIpc) is 2.45. The van der Waals surface area contributed by atoms with E-state index in [0.29, 0.717) is 12.0 Å². The van der Waals surface area contributed by atoms with Crippen LogP contribution in [0.1, 0.15) is 58.1 Å². The molecule has 0 heterocycles. The Morgan fingerprint density at radius 2 is 1.89 bits per heavy atom. The van der Waals surface area contributed by atoms with Crippen LogP contribution >= 0.6 is 0 Å². The van der Waals surface area contributed by atoms with Gasteiger partial charge in [0.1, 0.15) is 5.75 Å². The summed E-state index contributed by atoms with van der Waals surface area (Å²) in [7, 11) is 2.06. The van der Waals surface area contributed by atoms with E-state index in [0.717, 1.165) is 12.4 Å². The van der Waals surface area contributed by atoms with Gasteiger partial charge in [-0.05, 0) is 32.4 Å². The highest BCUT2D eigenvalue weighted by atomic mass is 16.5. The van der Waals surface area contributed by atoms with Crippen LogP contribution in [0.2, 0.25) is 0 Å². The minimum Gasteiger partial charge on any atom is -0.494 e. The van der Waals surface area contributed by atoms with Gasteiger partial charge < -0.3 is 10.1 Å². The molecule has 1 rings (SSSR count). The molecule has 0 fully saturated rings. The Bertz CT molecular complexity index is 351. The van der Waals surface area contributed by atoms with Gasteiger partial charge in [0.25, 0.3) is 0 Å². The minimum atomic E-state index is 0.388. The molecular weight excluding hydrogens is 234 g/mol. The van der Waals surface area contributed by atoms with Crippen molar-refractivity contribution >= 4 is 0 Å². The van der Waals surface area contributed by atoms with Crippen molar-refractivity contribution in [1.82, 2.24) is 5.32 Å². The van der Waals surface area contributed by atoms with Gasteiger partial charge in [-0.2, -0.15) is 0 Å². The van der Waals surface area contributed by atoms with Crippen molar-refractivity contribution in [2.75, 3.05) is 13.7 Å². The molecular formula is C17H29NO. The molecule has 0 radical (unpaired) electrons. The molecule has 0 saturated heterocycles. The molecule has 2 atom stereocenters. The lowest BCUT2D eigenvalue weighted by molar-refractivity contribution is 0.304. The number of para-hydroxylation sites is 1. The lowest BCUT2D eigenvalue weighted by Crippen LogP contribution is -2.25. The molecule has 2 unspecified atom stereocenters. The monoisotopic (exact) mass is 263 g/mol. The van der Waals surface area contributed by atoms with Gasteiger partial charge in [-0.25, -0.2) is 0 Å². The van der Waals surface area contributed by atoms with Crippen LogP contribution in [0.25, 0.3) is 0 Å². The largest absolute Gasteiger partial charge is 0.494 e. The van der Waals surface area contributed by atoms with Gasteiger partial charge in [0.05, 0.1) is 6.61 Å². The molecule has 1 aromatic carbocycles. The van der Waals surface area contributed by atoms with E-state index in [1.807, 2.05) is 13.0 Å². The van der Waals surface area contributed by atoms with E-state index in [1.54, 1.807) is 0 Å². The molecule has 0 saturated carbocycles. The molecule has 1 N–H and O–H groups in total. The summed E-state index contributed by atoms with van der Waals surface area (Å²) < 4.78 is 5.78. The summed E-state index contributed by atoms with van der Waals surface area (Å²) >= 11 is 0. The third-order valence-corrected chi connectivity index (χ3v) is 3.79. The topological polar surface area (TPSA) is 21.3 Å². The van der Waals surface area contributed by atoms with Gasteiger partial charge in [-0.15, -0.1) is 0 Å². The Morgan fingerprint density at radius 3 is 2.47 bits per heavy atom. The maximum absolute atomic E-state index is 5.78. The zero-order valence-electron chi connectivity index (χ0n) is 12.9. The molecule has 0 bridgehead atoms. The molecule has 0 aliphatic rings. The molecule has 0 aliphatic heterocycles. The zero-order valence-corrected chi connectivity index (χ0v) is 12.9. The second-order valence-electron chi connectivity index (χ2n) is 5.05. The number of benzene rings is 1. The first-order valence-corrected chi connectivity index (χ1v) is 7.67. The van der Waals surface area contributed by atoms with Crippen LogP contribution < -0.4 is 10.1 Å². The van der Waals surface area contributed by atoms with Gasteiger partial charge in [0, 0.05) is 11.6 Å². The number of hydrogen-bond donors (Lipinski definition) is 1. The van der Waals surface area contributed by atoms with E-state index in [4.69, 9.17) is 4.74 Å². The Morgan fingerprint density at radius 1 is 1.16 bits per heavy atom. The third-order valence-electron chi connectivity index (χ3n) is 3.79. The standard InChI is InChI=1S/C17H29NO/c1-5-8-11-14(6-2)17(18-4)15-12-9-10-13-16(15)19-7-3/h9-10,12-14,17-18H,5-8,11H2,1-4H3. The van der Waals surface area contributed by atoms with Crippen LogP contribution in [-0.4, -0.2) is 13.7 Å². The highest BCUT2D eigenvalue weighted by molar-refractivity contribution is 5.36. The summed E-state index contributed by atoms with van der Waals surface area (Å²) in [6, 6.07) is 8.82. The molecule has 108 valence electrons. The predicted octanol–water partition coefficient (Wildman–Crippen LogP) is 4.56. The number of hydrogen-bond acceptors (Lipinski definition) is 2. The fraction of sp³-hybridized carbons (Fsp3) is 0.647. The molecule has 19 heavy (non-hydrogen) atoms. The van der Waals surface area contributed by atoms with Crippen LogP contribution in [0.5, 0.6) is 5.75 Å². The van der Waals surface area contributed by atoms with E-state index >= 15 is 0 Å². The molecule has 1 aromatic rings. The van der Waals surface area contributed by atoms with Crippen LogP contribution in [0.4, 0.5) is 0 Å². The first-order valence-electron chi connectivity index (χ1n) is 7.67. The second-order valence-corrected chi connectivity index (χ2v) is 5.05. The first kappa shape index (κ1) is 16.0. The smallest absolute Gasteiger partial charge is 0.124 e. The zero-order chi connectivity index (χ0) is 14.1. The number of nitrogens with one attached hydrogen (secondary N) is 1. The van der Waals surface area contributed by atoms with Gasteiger partial charge in [-0.3, -0.25) is 0 Å². The number of rotatable bonds is 9. The van der Waals surface area contributed by atoms with E-state index in [-0.39, 0.29) is 0 Å². The Kier molecular flexibility index (Phi) is 7.57. The molecule has 0 aromatic heterocycles. The normalized spacial score (nSPS) is 14.1. The van der Waals surface area contributed by atoms with Gasteiger partial charge >= 0.3 is 0 Å². The molecule has 0 aliphatic carbocycles. The van der Waals surface area contributed by atoms with Crippen molar-refractivity contribution in [1.29, 1.82) is 0 Å². The maximum atomic E-state index is 5.78. The molecule has 0 spiro atoms. The minimum absolute atomic E-state index is 0.388. The van der Waals surface area contributed by atoms with Crippen molar-refractivity contribution < 1.29 is 4.74 Å². The van der Waals surface area contributed by atoms with Crippen LogP contribution in [-0.2, 0) is 0 Å². The molecule has 2 nitrogen and oxygen atoms in total. The molecule has 2 heteroatoms. The van der Waals surface area contributed by atoms with Crippen molar-refractivity contribution in [2.45, 2.75) is 52.5 Å². The van der Waals surface area contributed by atoms with Crippen LogP contribution in [0, 0.1) is 5.92 Å².